The molecule has 4 nitrogen and oxygen atoms in total. The molecule has 0 N–H and O–H groups in total. The predicted octanol–water partition coefficient (Wildman–Crippen LogP) is 2.50. The molecule has 4 heteroatoms. The third-order valence-electron chi connectivity index (χ3n) is 2.90. The molecule has 1 rings (SSSR count). The first-order valence-electron chi connectivity index (χ1n) is 6.93. The topological polar surface area (TPSA) is 38.1 Å². The molecule has 0 spiro atoms. The minimum absolute atomic E-state index is 0.302. The number of hydrogen-bond acceptors (Lipinski definition) is 2. The predicted molar refractivity (Wildman–Crippen MR) is 72.1 cm³/mol. The lowest BCUT2D eigenvalue weighted by Crippen LogP contribution is -2.32. The second-order valence-electron chi connectivity index (χ2n) is 4.58. The van der Waals surface area contributed by atoms with Gasteiger partial charge in [0.15, 0.2) is 0 Å². The Labute approximate surface area is 110 Å². The van der Waals surface area contributed by atoms with Gasteiger partial charge in [0.1, 0.15) is 6.20 Å². The third-order valence-corrected chi connectivity index (χ3v) is 2.90. The van der Waals surface area contributed by atoms with Gasteiger partial charge in [-0.2, -0.15) is 0 Å². The van der Waals surface area contributed by atoms with Gasteiger partial charge in [0.2, 0.25) is 5.91 Å². The Morgan fingerprint density at radius 3 is 2.56 bits per heavy atom. The number of amides is 1. The SMILES string of the molecule is CCCN(CCC)C(=O)CCCCn1c[c]nc1. The molecule has 1 radical (unpaired) electrons. The summed E-state index contributed by atoms with van der Waals surface area (Å²) in [5.74, 6) is 0.302. The van der Waals surface area contributed by atoms with Crippen molar-refractivity contribution in [3.8, 4) is 0 Å². The highest BCUT2D eigenvalue weighted by molar-refractivity contribution is 5.76. The van der Waals surface area contributed by atoms with E-state index in [0.717, 1.165) is 45.3 Å². The Kier molecular flexibility index (Phi) is 7.14. The average Bonchev–Trinajstić information content (AvgIpc) is 2.87. The molecule has 0 aliphatic rings. The molecule has 0 unspecified atom stereocenters. The van der Waals surface area contributed by atoms with Crippen LogP contribution in [0.3, 0.4) is 0 Å². The van der Waals surface area contributed by atoms with E-state index >= 15 is 0 Å². The van der Waals surface area contributed by atoms with E-state index in [1.807, 2.05) is 15.7 Å². The highest BCUT2D eigenvalue weighted by Crippen LogP contribution is 2.04. The van der Waals surface area contributed by atoms with E-state index in [4.69, 9.17) is 0 Å². The minimum atomic E-state index is 0.302. The number of unbranched alkanes of at least 4 members (excludes halogenated alkanes) is 1. The van der Waals surface area contributed by atoms with Crippen LogP contribution in [-0.2, 0) is 11.3 Å². The van der Waals surface area contributed by atoms with Gasteiger partial charge in [-0.25, -0.2) is 4.98 Å². The Bertz CT molecular complexity index is 316. The van der Waals surface area contributed by atoms with Gasteiger partial charge in [0.05, 0.1) is 6.33 Å². The van der Waals surface area contributed by atoms with Crippen LogP contribution in [0.5, 0.6) is 0 Å². The molecule has 0 saturated heterocycles. The molecule has 0 aromatic carbocycles. The highest BCUT2D eigenvalue weighted by atomic mass is 16.2. The van der Waals surface area contributed by atoms with Crippen molar-refractivity contribution in [3.63, 3.8) is 0 Å². The fourth-order valence-corrected chi connectivity index (χ4v) is 2.00. The summed E-state index contributed by atoms with van der Waals surface area (Å²) in [4.78, 5) is 17.9. The molecule has 1 heterocycles. The van der Waals surface area contributed by atoms with Crippen molar-refractivity contribution >= 4 is 5.91 Å². The van der Waals surface area contributed by atoms with Crippen LogP contribution in [-0.4, -0.2) is 33.4 Å². The number of carbonyl (C=O) groups is 1. The van der Waals surface area contributed by atoms with Crippen molar-refractivity contribution in [3.05, 3.63) is 18.7 Å². The summed E-state index contributed by atoms with van der Waals surface area (Å²) in [6.07, 6.45) is 11.1. The zero-order valence-electron chi connectivity index (χ0n) is 11.6. The number of nitrogens with zero attached hydrogens (tertiary/aromatic N) is 3. The quantitative estimate of drug-likeness (QED) is 0.632. The van der Waals surface area contributed by atoms with Gasteiger partial charge in [-0.15, -0.1) is 0 Å². The molecule has 1 aromatic rings. The molecule has 18 heavy (non-hydrogen) atoms. The monoisotopic (exact) mass is 250 g/mol. The summed E-state index contributed by atoms with van der Waals surface area (Å²) in [6.45, 7) is 6.94. The highest BCUT2D eigenvalue weighted by Gasteiger charge is 2.10. The average molecular weight is 250 g/mol. The molecule has 0 fully saturated rings. The standard InChI is InChI=1S/C14H24N3O/c1-3-9-17(10-4-2)14(18)7-5-6-11-16-12-8-15-13-16/h12-13H,3-7,9-11H2,1-2H3. The number of imidazole rings is 1. The van der Waals surface area contributed by atoms with E-state index in [9.17, 15) is 4.79 Å². The first-order chi connectivity index (χ1) is 8.77. The van der Waals surface area contributed by atoms with E-state index in [1.54, 1.807) is 6.33 Å². The van der Waals surface area contributed by atoms with Gasteiger partial charge < -0.3 is 9.47 Å². The van der Waals surface area contributed by atoms with Crippen LogP contribution >= 0.6 is 0 Å². The Balaban J connectivity index is 2.18. The van der Waals surface area contributed by atoms with Crippen molar-refractivity contribution in [1.29, 1.82) is 0 Å². The van der Waals surface area contributed by atoms with E-state index in [1.165, 1.54) is 0 Å². The summed E-state index contributed by atoms with van der Waals surface area (Å²) in [7, 11) is 0. The van der Waals surface area contributed by atoms with Crippen molar-refractivity contribution in [1.82, 2.24) is 14.5 Å². The molecule has 1 aromatic heterocycles. The van der Waals surface area contributed by atoms with E-state index < -0.39 is 0 Å². The lowest BCUT2D eigenvalue weighted by Gasteiger charge is -2.21. The first kappa shape index (κ1) is 14.7. The van der Waals surface area contributed by atoms with Crippen LogP contribution in [0.1, 0.15) is 46.0 Å². The maximum absolute atomic E-state index is 12.0. The molecule has 0 saturated carbocycles. The normalized spacial score (nSPS) is 10.6. The van der Waals surface area contributed by atoms with Gasteiger partial charge in [0.25, 0.3) is 0 Å². The summed E-state index contributed by atoms with van der Waals surface area (Å²) >= 11 is 0. The molecule has 0 atom stereocenters. The Morgan fingerprint density at radius 1 is 1.28 bits per heavy atom. The smallest absolute Gasteiger partial charge is 0.222 e. The van der Waals surface area contributed by atoms with Gasteiger partial charge in [-0.1, -0.05) is 13.8 Å². The van der Waals surface area contributed by atoms with Crippen LogP contribution in [0.25, 0.3) is 0 Å². The summed E-state index contributed by atoms with van der Waals surface area (Å²) in [6, 6.07) is 0. The summed E-state index contributed by atoms with van der Waals surface area (Å²) in [5.41, 5.74) is 0. The molecule has 0 bridgehead atoms. The Hall–Kier alpha value is -1.32. The number of aryl methyl sites for hydroxylation is 1. The number of hydrogen-bond donors (Lipinski definition) is 0. The van der Waals surface area contributed by atoms with Crippen molar-refractivity contribution in [2.24, 2.45) is 0 Å². The summed E-state index contributed by atoms with van der Waals surface area (Å²) in [5, 5.41) is 0. The van der Waals surface area contributed by atoms with Crippen molar-refractivity contribution in [2.45, 2.75) is 52.5 Å². The molecule has 0 aliphatic heterocycles. The minimum Gasteiger partial charge on any atom is -0.343 e. The number of aromatic nitrogens is 2. The molecule has 1 amide bonds. The van der Waals surface area contributed by atoms with E-state index in [-0.39, 0.29) is 0 Å². The van der Waals surface area contributed by atoms with Crippen LogP contribution < -0.4 is 0 Å². The van der Waals surface area contributed by atoms with Gasteiger partial charge in [0, 0.05) is 32.3 Å². The summed E-state index contributed by atoms with van der Waals surface area (Å²) < 4.78 is 2.00. The second kappa shape index (κ2) is 8.72. The fraction of sp³-hybridized carbons (Fsp3) is 0.714. The lowest BCUT2D eigenvalue weighted by atomic mass is 10.2. The van der Waals surface area contributed by atoms with E-state index in [2.05, 4.69) is 25.0 Å². The molecular formula is C14H24N3O. The van der Waals surface area contributed by atoms with Crippen molar-refractivity contribution in [2.75, 3.05) is 13.1 Å². The largest absolute Gasteiger partial charge is 0.343 e. The van der Waals surface area contributed by atoms with Crippen molar-refractivity contribution < 1.29 is 4.79 Å². The van der Waals surface area contributed by atoms with Gasteiger partial charge >= 0.3 is 0 Å². The fourth-order valence-electron chi connectivity index (χ4n) is 2.00. The maximum Gasteiger partial charge on any atom is 0.222 e. The zero-order valence-corrected chi connectivity index (χ0v) is 11.6. The van der Waals surface area contributed by atoms with Crippen LogP contribution in [0, 0.1) is 6.20 Å². The number of carbonyl (C=O) groups excluding carboxylic acids is 1. The van der Waals surface area contributed by atoms with Crippen LogP contribution in [0.2, 0.25) is 0 Å². The van der Waals surface area contributed by atoms with E-state index in [0.29, 0.717) is 12.3 Å². The second-order valence-corrected chi connectivity index (χ2v) is 4.58. The third kappa shape index (κ3) is 5.34. The lowest BCUT2D eigenvalue weighted by molar-refractivity contribution is -0.131. The van der Waals surface area contributed by atoms with Gasteiger partial charge in [-0.05, 0) is 25.7 Å². The Morgan fingerprint density at radius 2 is 2.00 bits per heavy atom. The number of rotatable bonds is 9. The van der Waals surface area contributed by atoms with Crippen LogP contribution in [0.4, 0.5) is 0 Å². The molecule has 101 valence electrons. The first-order valence-corrected chi connectivity index (χ1v) is 6.93. The maximum atomic E-state index is 12.0. The van der Waals surface area contributed by atoms with Gasteiger partial charge in [-0.3, -0.25) is 4.79 Å². The molecule has 0 aliphatic carbocycles. The zero-order chi connectivity index (χ0) is 13.2. The van der Waals surface area contributed by atoms with Crippen LogP contribution in [0.15, 0.2) is 12.5 Å². The molecular weight excluding hydrogens is 226 g/mol.